The highest BCUT2D eigenvalue weighted by molar-refractivity contribution is 8.14. The summed E-state index contributed by atoms with van der Waals surface area (Å²) in [5, 5.41) is 0.174. The van der Waals surface area contributed by atoms with Gasteiger partial charge in [0.25, 0.3) is 0 Å². The monoisotopic (exact) mass is 309 g/mol. The van der Waals surface area contributed by atoms with Crippen molar-refractivity contribution >= 4 is 40.2 Å². The summed E-state index contributed by atoms with van der Waals surface area (Å²) in [4.78, 5) is 24.9. The van der Waals surface area contributed by atoms with Crippen LogP contribution in [0.5, 0.6) is 0 Å². The number of hydrogen-bond donors (Lipinski definition) is 0. The lowest BCUT2D eigenvalue weighted by Crippen LogP contribution is -2.24. The van der Waals surface area contributed by atoms with E-state index in [0.717, 1.165) is 17.9 Å². The third-order valence-corrected chi connectivity index (χ3v) is 4.86. The molecule has 1 atom stereocenters. The Hall–Kier alpha value is -0.940. The van der Waals surface area contributed by atoms with Crippen LogP contribution in [0.4, 0.5) is 5.69 Å². The van der Waals surface area contributed by atoms with Crippen LogP contribution >= 0.6 is 23.5 Å². The third kappa shape index (κ3) is 4.03. The molecule has 0 radical (unpaired) electrons. The van der Waals surface area contributed by atoms with Crippen LogP contribution in [0, 0.1) is 0 Å². The second-order valence-electron chi connectivity index (χ2n) is 4.85. The summed E-state index contributed by atoms with van der Waals surface area (Å²) in [6.45, 7) is 2.19. The Morgan fingerprint density at radius 1 is 1.35 bits per heavy atom. The molecule has 5 heteroatoms. The third-order valence-electron chi connectivity index (χ3n) is 3.27. The zero-order valence-electron chi connectivity index (χ0n) is 11.8. The molecule has 108 valence electrons. The molecule has 0 saturated carbocycles. The number of carbonyl (C=O) groups excluding carboxylic acids is 2. The Morgan fingerprint density at radius 2 is 2.05 bits per heavy atom. The van der Waals surface area contributed by atoms with E-state index in [0.29, 0.717) is 13.0 Å². The molecule has 20 heavy (non-hydrogen) atoms. The Balaban J connectivity index is 2.00. The Kier molecular flexibility index (Phi) is 5.54. The lowest BCUT2D eigenvalue weighted by atomic mass is 10.1. The first-order valence-electron chi connectivity index (χ1n) is 6.65. The fraction of sp³-hybridized carbons (Fsp3) is 0.467. The summed E-state index contributed by atoms with van der Waals surface area (Å²) >= 11 is 3.11. The Morgan fingerprint density at radius 3 is 2.65 bits per heavy atom. The van der Waals surface area contributed by atoms with Gasteiger partial charge < -0.3 is 4.90 Å². The molecule has 0 N–H and O–H groups in total. The van der Waals surface area contributed by atoms with Crippen LogP contribution in [0.2, 0.25) is 0 Å². The number of benzene rings is 1. The van der Waals surface area contributed by atoms with Crippen molar-refractivity contribution in [3.63, 3.8) is 0 Å². The van der Waals surface area contributed by atoms with E-state index in [4.69, 9.17) is 0 Å². The van der Waals surface area contributed by atoms with Crippen LogP contribution in [0.15, 0.2) is 24.3 Å². The van der Waals surface area contributed by atoms with Crippen molar-refractivity contribution in [2.75, 3.05) is 23.5 Å². The Labute approximate surface area is 128 Å². The number of hydrogen-bond acceptors (Lipinski definition) is 4. The SMILES string of the molecule is CSCCc1ccc(N2CC(SC(C)=O)CC2=O)cc1. The highest BCUT2D eigenvalue weighted by Crippen LogP contribution is 2.28. The van der Waals surface area contributed by atoms with Gasteiger partial charge in [-0.1, -0.05) is 23.9 Å². The van der Waals surface area contributed by atoms with Crippen molar-refractivity contribution in [3.05, 3.63) is 29.8 Å². The number of aryl methyl sites for hydroxylation is 1. The maximum absolute atomic E-state index is 12.0. The number of nitrogens with zero attached hydrogens (tertiary/aromatic N) is 1. The van der Waals surface area contributed by atoms with Gasteiger partial charge in [0, 0.05) is 30.8 Å². The average molecular weight is 309 g/mol. The van der Waals surface area contributed by atoms with Gasteiger partial charge in [-0.2, -0.15) is 11.8 Å². The normalized spacial score (nSPS) is 18.6. The summed E-state index contributed by atoms with van der Waals surface area (Å²) in [5.41, 5.74) is 2.24. The molecule has 2 rings (SSSR count). The van der Waals surface area contributed by atoms with Crippen molar-refractivity contribution < 1.29 is 9.59 Å². The molecular weight excluding hydrogens is 290 g/mol. The molecule has 1 aromatic rings. The van der Waals surface area contributed by atoms with Crippen LogP contribution in [0.3, 0.4) is 0 Å². The number of rotatable bonds is 5. The largest absolute Gasteiger partial charge is 0.311 e. The number of thioether (sulfide) groups is 2. The summed E-state index contributed by atoms with van der Waals surface area (Å²) in [5.74, 6) is 1.22. The lowest BCUT2D eigenvalue weighted by molar-refractivity contribution is -0.117. The predicted molar refractivity (Wildman–Crippen MR) is 87.6 cm³/mol. The van der Waals surface area contributed by atoms with Crippen LogP contribution < -0.4 is 4.90 Å². The minimum Gasteiger partial charge on any atom is -0.311 e. The molecule has 0 spiro atoms. The first-order chi connectivity index (χ1) is 9.60. The van der Waals surface area contributed by atoms with E-state index < -0.39 is 0 Å². The average Bonchev–Trinajstić information content (AvgIpc) is 2.77. The second kappa shape index (κ2) is 7.18. The first kappa shape index (κ1) is 15.4. The van der Waals surface area contributed by atoms with Crippen LogP contribution in [0.25, 0.3) is 0 Å². The van der Waals surface area contributed by atoms with E-state index in [1.165, 1.54) is 17.3 Å². The molecule has 1 aromatic carbocycles. The van der Waals surface area contributed by atoms with Gasteiger partial charge in [-0.3, -0.25) is 9.59 Å². The van der Waals surface area contributed by atoms with E-state index in [9.17, 15) is 9.59 Å². The van der Waals surface area contributed by atoms with E-state index in [2.05, 4.69) is 18.4 Å². The number of amides is 1. The molecule has 1 saturated heterocycles. The predicted octanol–water partition coefficient (Wildman–Crippen LogP) is 2.98. The standard InChI is InChI=1S/C15H19NO2S2/c1-11(17)20-14-9-15(18)16(10-14)13-5-3-12(4-6-13)7-8-19-2/h3-6,14H,7-10H2,1-2H3. The zero-order chi connectivity index (χ0) is 14.5. The van der Waals surface area contributed by atoms with Crippen LogP contribution in [0.1, 0.15) is 18.9 Å². The molecule has 1 amide bonds. The lowest BCUT2D eigenvalue weighted by Gasteiger charge is -2.16. The maximum atomic E-state index is 12.0. The van der Waals surface area contributed by atoms with Gasteiger partial charge in [0.2, 0.25) is 5.91 Å². The van der Waals surface area contributed by atoms with Gasteiger partial charge >= 0.3 is 0 Å². The van der Waals surface area contributed by atoms with Crippen LogP contribution in [-0.2, 0) is 16.0 Å². The van der Waals surface area contributed by atoms with E-state index in [1.54, 1.807) is 11.8 Å². The first-order valence-corrected chi connectivity index (χ1v) is 8.93. The van der Waals surface area contributed by atoms with Crippen molar-refractivity contribution in [2.24, 2.45) is 0 Å². The maximum Gasteiger partial charge on any atom is 0.228 e. The highest BCUT2D eigenvalue weighted by atomic mass is 32.2. The molecule has 0 bridgehead atoms. The molecule has 1 fully saturated rings. The van der Waals surface area contributed by atoms with Gasteiger partial charge in [-0.25, -0.2) is 0 Å². The highest BCUT2D eigenvalue weighted by Gasteiger charge is 2.31. The van der Waals surface area contributed by atoms with Gasteiger partial charge in [-0.05, 0) is 36.1 Å². The minimum absolute atomic E-state index is 0.0806. The second-order valence-corrected chi connectivity index (χ2v) is 7.31. The van der Waals surface area contributed by atoms with E-state index in [1.807, 2.05) is 23.9 Å². The molecule has 1 aliphatic rings. The molecule has 1 heterocycles. The molecule has 1 unspecified atom stereocenters. The van der Waals surface area contributed by atoms with Crippen molar-refractivity contribution in [2.45, 2.75) is 25.0 Å². The molecule has 3 nitrogen and oxygen atoms in total. The van der Waals surface area contributed by atoms with Crippen molar-refractivity contribution in [1.82, 2.24) is 0 Å². The van der Waals surface area contributed by atoms with E-state index >= 15 is 0 Å². The topological polar surface area (TPSA) is 37.4 Å². The molecule has 1 aliphatic heterocycles. The molecule has 0 aromatic heterocycles. The van der Waals surface area contributed by atoms with E-state index in [-0.39, 0.29) is 16.3 Å². The fourth-order valence-corrected chi connectivity index (χ4v) is 3.66. The molecule has 0 aliphatic carbocycles. The van der Waals surface area contributed by atoms with Crippen LogP contribution in [-0.4, -0.2) is 34.8 Å². The summed E-state index contributed by atoms with van der Waals surface area (Å²) in [6, 6.07) is 8.19. The van der Waals surface area contributed by atoms with Crippen molar-refractivity contribution in [1.29, 1.82) is 0 Å². The summed E-state index contributed by atoms with van der Waals surface area (Å²) < 4.78 is 0. The number of carbonyl (C=O) groups is 2. The Bertz CT molecular complexity index is 487. The molecular formula is C15H19NO2S2. The van der Waals surface area contributed by atoms with Gasteiger partial charge in [0.05, 0.1) is 0 Å². The summed E-state index contributed by atoms with van der Waals surface area (Å²) in [6.07, 6.45) is 3.61. The van der Waals surface area contributed by atoms with Crippen molar-refractivity contribution in [3.8, 4) is 0 Å². The van der Waals surface area contributed by atoms with Gasteiger partial charge in [-0.15, -0.1) is 0 Å². The zero-order valence-corrected chi connectivity index (χ0v) is 13.4. The fourth-order valence-electron chi connectivity index (χ4n) is 2.30. The summed E-state index contributed by atoms with van der Waals surface area (Å²) in [7, 11) is 0. The minimum atomic E-state index is 0.0806. The van der Waals surface area contributed by atoms with Gasteiger partial charge in [0.15, 0.2) is 5.12 Å². The quantitative estimate of drug-likeness (QED) is 0.838. The smallest absolute Gasteiger partial charge is 0.228 e. The van der Waals surface area contributed by atoms with Gasteiger partial charge in [0.1, 0.15) is 0 Å². The number of anilines is 1.